The van der Waals surface area contributed by atoms with Crippen molar-refractivity contribution in [1.82, 2.24) is 0 Å². The van der Waals surface area contributed by atoms with Gasteiger partial charge in [-0.1, -0.05) is 0 Å². The number of carbonyl (C=O) groups is 1. The van der Waals surface area contributed by atoms with E-state index in [0.29, 0.717) is 11.5 Å². The van der Waals surface area contributed by atoms with Crippen molar-refractivity contribution in [3.8, 4) is 11.5 Å². The third-order valence-corrected chi connectivity index (χ3v) is 3.22. The zero-order valence-corrected chi connectivity index (χ0v) is 12.0. The number of nitrogens with two attached hydrogens (primary N) is 1. The summed E-state index contributed by atoms with van der Waals surface area (Å²) in [5.74, 6) is 0.901. The van der Waals surface area contributed by atoms with Crippen molar-refractivity contribution in [2.75, 3.05) is 21.3 Å². The highest BCUT2D eigenvalue weighted by atomic mass is 16.5. The second-order valence-electron chi connectivity index (χ2n) is 4.84. The maximum absolute atomic E-state index is 11.8. The lowest BCUT2D eigenvalue weighted by Crippen LogP contribution is -2.37. The van der Waals surface area contributed by atoms with Gasteiger partial charge in [0, 0.05) is 12.1 Å². The first kappa shape index (κ1) is 15.3. The molecule has 0 saturated carbocycles. The van der Waals surface area contributed by atoms with Gasteiger partial charge in [0.25, 0.3) is 0 Å². The van der Waals surface area contributed by atoms with E-state index in [4.69, 9.17) is 19.9 Å². The lowest BCUT2D eigenvalue weighted by molar-refractivity contribution is -0.152. The molecule has 19 heavy (non-hydrogen) atoms. The summed E-state index contributed by atoms with van der Waals surface area (Å²) in [5, 5.41) is 0. The molecule has 1 atom stereocenters. The molecule has 0 aliphatic rings. The lowest BCUT2D eigenvalue weighted by atomic mass is 9.81. The van der Waals surface area contributed by atoms with E-state index in [0.717, 1.165) is 5.56 Å². The highest BCUT2D eigenvalue weighted by Gasteiger charge is 2.37. The van der Waals surface area contributed by atoms with E-state index in [1.165, 1.54) is 7.11 Å². The van der Waals surface area contributed by atoms with Gasteiger partial charge in [0.1, 0.15) is 11.5 Å². The molecule has 2 N–H and O–H groups in total. The average Bonchev–Trinajstić information content (AvgIpc) is 2.44. The van der Waals surface area contributed by atoms with Gasteiger partial charge in [-0.05, 0) is 31.5 Å². The van der Waals surface area contributed by atoms with Gasteiger partial charge in [-0.2, -0.15) is 0 Å². The van der Waals surface area contributed by atoms with E-state index in [-0.39, 0.29) is 5.97 Å². The van der Waals surface area contributed by atoms with Crippen LogP contribution in [0.4, 0.5) is 0 Å². The highest BCUT2D eigenvalue weighted by Crippen LogP contribution is 2.35. The molecule has 0 spiro atoms. The molecule has 0 aliphatic carbocycles. The second-order valence-corrected chi connectivity index (χ2v) is 4.84. The molecule has 1 aromatic rings. The minimum atomic E-state index is -0.841. The summed E-state index contributed by atoms with van der Waals surface area (Å²) in [4.78, 5) is 11.8. The van der Waals surface area contributed by atoms with E-state index >= 15 is 0 Å². The van der Waals surface area contributed by atoms with Crippen LogP contribution in [-0.2, 0) is 9.53 Å². The van der Waals surface area contributed by atoms with Gasteiger partial charge in [-0.25, -0.2) is 0 Å². The Morgan fingerprint density at radius 2 is 1.58 bits per heavy atom. The monoisotopic (exact) mass is 267 g/mol. The number of esters is 1. The van der Waals surface area contributed by atoms with Crippen LogP contribution in [0.15, 0.2) is 18.2 Å². The van der Waals surface area contributed by atoms with Crippen molar-refractivity contribution >= 4 is 5.97 Å². The Morgan fingerprint density at radius 1 is 1.11 bits per heavy atom. The quantitative estimate of drug-likeness (QED) is 0.825. The van der Waals surface area contributed by atoms with Gasteiger partial charge >= 0.3 is 5.97 Å². The minimum absolute atomic E-state index is 0.359. The fourth-order valence-corrected chi connectivity index (χ4v) is 1.82. The standard InChI is InChI=1S/C14H21NO4/c1-14(2,13(16)19-5)12(15)9-6-10(17-3)8-11(7-9)18-4/h6-8,12H,15H2,1-5H3/t12-/m0/s1. The molecule has 0 fully saturated rings. The van der Waals surface area contributed by atoms with Gasteiger partial charge in [-0.15, -0.1) is 0 Å². The van der Waals surface area contributed by atoms with E-state index < -0.39 is 11.5 Å². The molecule has 1 rings (SSSR count). The minimum Gasteiger partial charge on any atom is -0.497 e. The number of methoxy groups -OCH3 is 3. The number of carbonyl (C=O) groups excluding carboxylic acids is 1. The first-order chi connectivity index (χ1) is 8.86. The molecule has 1 aromatic carbocycles. The third-order valence-electron chi connectivity index (χ3n) is 3.22. The summed E-state index contributed by atoms with van der Waals surface area (Å²) in [5.41, 5.74) is 6.10. The van der Waals surface area contributed by atoms with E-state index in [1.807, 2.05) is 0 Å². The number of hydrogen-bond acceptors (Lipinski definition) is 5. The molecule has 0 radical (unpaired) electrons. The fourth-order valence-electron chi connectivity index (χ4n) is 1.82. The molecule has 5 heteroatoms. The smallest absolute Gasteiger partial charge is 0.313 e. The Hall–Kier alpha value is -1.75. The van der Waals surface area contributed by atoms with Crippen molar-refractivity contribution in [2.24, 2.45) is 11.1 Å². The van der Waals surface area contributed by atoms with Crippen LogP contribution in [0.1, 0.15) is 25.5 Å². The molecule has 0 amide bonds. The van der Waals surface area contributed by atoms with Gasteiger partial charge in [0.2, 0.25) is 0 Å². The predicted octanol–water partition coefficient (Wildman–Crippen LogP) is 1.90. The molecule has 106 valence electrons. The average molecular weight is 267 g/mol. The van der Waals surface area contributed by atoms with Gasteiger partial charge in [0.05, 0.1) is 26.7 Å². The van der Waals surface area contributed by atoms with Gasteiger partial charge in [0.15, 0.2) is 0 Å². The molecular formula is C14H21NO4. The summed E-state index contributed by atoms with van der Waals surface area (Å²) >= 11 is 0. The third kappa shape index (κ3) is 3.17. The lowest BCUT2D eigenvalue weighted by Gasteiger charge is -2.29. The predicted molar refractivity (Wildman–Crippen MR) is 72.3 cm³/mol. The summed E-state index contributed by atoms with van der Waals surface area (Å²) in [6.45, 7) is 3.49. The van der Waals surface area contributed by atoms with Gasteiger partial charge < -0.3 is 19.9 Å². The zero-order valence-electron chi connectivity index (χ0n) is 12.0. The van der Waals surface area contributed by atoms with Crippen molar-refractivity contribution in [3.63, 3.8) is 0 Å². The largest absolute Gasteiger partial charge is 0.497 e. The molecule has 0 aliphatic heterocycles. The summed E-state index contributed by atoms with van der Waals surface area (Å²) < 4.78 is 15.2. The van der Waals surface area contributed by atoms with Crippen LogP contribution in [0.2, 0.25) is 0 Å². The normalized spacial score (nSPS) is 12.7. The maximum Gasteiger partial charge on any atom is 0.313 e. The first-order valence-corrected chi connectivity index (χ1v) is 5.93. The van der Waals surface area contributed by atoms with E-state index in [2.05, 4.69) is 0 Å². The van der Waals surface area contributed by atoms with Crippen LogP contribution in [0.25, 0.3) is 0 Å². The Bertz CT molecular complexity index is 435. The molecular weight excluding hydrogens is 246 g/mol. The number of hydrogen-bond donors (Lipinski definition) is 1. The highest BCUT2D eigenvalue weighted by molar-refractivity contribution is 5.77. The molecule has 0 aromatic heterocycles. The van der Waals surface area contributed by atoms with Crippen LogP contribution in [0.5, 0.6) is 11.5 Å². The fraction of sp³-hybridized carbons (Fsp3) is 0.500. The van der Waals surface area contributed by atoms with Crippen LogP contribution in [0.3, 0.4) is 0 Å². The van der Waals surface area contributed by atoms with Crippen LogP contribution >= 0.6 is 0 Å². The van der Waals surface area contributed by atoms with E-state index in [1.54, 1.807) is 46.3 Å². The Kier molecular flexibility index (Phi) is 4.78. The van der Waals surface area contributed by atoms with Crippen LogP contribution in [-0.4, -0.2) is 27.3 Å². The summed E-state index contributed by atoms with van der Waals surface area (Å²) in [7, 11) is 4.48. The first-order valence-electron chi connectivity index (χ1n) is 5.93. The van der Waals surface area contributed by atoms with Gasteiger partial charge in [-0.3, -0.25) is 4.79 Å². The molecule has 0 bridgehead atoms. The van der Waals surface area contributed by atoms with E-state index in [9.17, 15) is 4.79 Å². The molecule has 0 unspecified atom stereocenters. The van der Waals surface area contributed by atoms with Crippen LogP contribution in [0, 0.1) is 5.41 Å². The topological polar surface area (TPSA) is 70.8 Å². The Morgan fingerprint density at radius 3 is 1.95 bits per heavy atom. The van der Waals surface area contributed by atoms with Crippen LogP contribution < -0.4 is 15.2 Å². The van der Waals surface area contributed by atoms with Crippen molar-refractivity contribution in [1.29, 1.82) is 0 Å². The van der Waals surface area contributed by atoms with Crippen molar-refractivity contribution in [2.45, 2.75) is 19.9 Å². The zero-order chi connectivity index (χ0) is 14.6. The molecule has 5 nitrogen and oxygen atoms in total. The summed E-state index contributed by atoms with van der Waals surface area (Å²) in [6.07, 6.45) is 0. The second kappa shape index (κ2) is 5.93. The SMILES string of the molecule is COC(=O)C(C)(C)[C@@H](N)c1cc(OC)cc(OC)c1. The van der Waals surface area contributed by atoms with Crippen molar-refractivity contribution in [3.05, 3.63) is 23.8 Å². The maximum atomic E-state index is 11.8. The molecule has 0 heterocycles. The Balaban J connectivity index is 3.18. The number of benzene rings is 1. The number of rotatable bonds is 5. The Labute approximate surface area is 113 Å². The molecule has 0 saturated heterocycles. The van der Waals surface area contributed by atoms with Crippen molar-refractivity contribution < 1.29 is 19.0 Å². The number of ether oxygens (including phenoxy) is 3. The summed E-state index contributed by atoms with van der Waals surface area (Å²) in [6, 6.07) is 4.81.